The molecule has 0 N–H and O–H groups in total. The second-order valence-electron chi connectivity index (χ2n) is 7.81. The third-order valence-corrected chi connectivity index (χ3v) is 4.84. The number of ether oxygens (including phenoxy) is 1. The average Bonchev–Trinajstić information content (AvgIpc) is 2.59. The molecule has 0 saturated heterocycles. The molecule has 1 heteroatoms. The van der Waals surface area contributed by atoms with Gasteiger partial charge in [-0.1, -0.05) is 96.1 Å². The normalized spacial score (nSPS) is 11.2. The maximum Gasteiger partial charge on any atom is 0.119 e. The van der Waals surface area contributed by atoms with Gasteiger partial charge in [0.2, 0.25) is 0 Å². The lowest BCUT2D eigenvalue weighted by molar-refractivity contribution is 0.242. The zero-order valence-electron chi connectivity index (χ0n) is 17.2. The third kappa shape index (κ3) is 13.0. The van der Waals surface area contributed by atoms with E-state index in [-0.39, 0.29) is 6.10 Å². The van der Waals surface area contributed by atoms with Crippen molar-refractivity contribution in [1.29, 1.82) is 0 Å². The van der Waals surface area contributed by atoms with Gasteiger partial charge in [-0.05, 0) is 44.4 Å². The fourth-order valence-corrected chi connectivity index (χ4v) is 3.39. The number of aryl methyl sites for hydroxylation is 1. The Hall–Kier alpha value is -0.980. The largest absolute Gasteiger partial charge is 0.491 e. The molecule has 144 valence electrons. The van der Waals surface area contributed by atoms with Gasteiger partial charge >= 0.3 is 0 Å². The van der Waals surface area contributed by atoms with Gasteiger partial charge in [-0.15, -0.1) is 0 Å². The molecule has 0 aromatic heterocycles. The van der Waals surface area contributed by atoms with Crippen LogP contribution in [0.4, 0.5) is 0 Å². The Bertz CT molecular complexity index is 410. The highest BCUT2D eigenvalue weighted by atomic mass is 16.5. The zero-order valence-corrected chi connectivity index (χ0v) is 17.2. The second kappa shape index (κ2) is 15.3. The van der Waals surface area contributed by atoms with Crippen molar-refractivity contribution in [3.63, 3.8) is 0 Å². The molecule has 1 nitrogen and oxygen atoms in total. The molecule has 25 heavy (non-hydrogen) atoms. The van der Waals surface area contributed by atoms with Gasteiger partial charge in [0.15, 0.2) is 0 Å². The van der Waals surface area contributed by atoms with E-state index in [0.717, 1.165) is 5.75 Å². The quantitative estimate of drug-likeness (QED) is 0.275. The molecular formula is C24H42O. The van der Waals surface area contributed by atoms with Crippen LogP contribution in [0.5, 0.6) is 5.75 Å². The molecule has 0 unspecified atom stereocenters. The van der Waals surface area contributed by atoms with Crippen molar-refractivity contribution in [1.82, 2.24) is 0 Å². The first-order valence-corrected chi connectivity index (χ1v) is 11.0. The van der Waals surface area contributed by atoms with E-state index in [0.29, 0.717) is 0 Å². The van der Waals surface area contributed by atoms with E-state index in [1.54, 1.807) is 0 Å². The highest BCUT2D eigenvalue weighted by Crippen LogP contribution is 2.18. The molecule has 0 radical (unpaired) electrons. The standard InChI is InChI=1S/C24H42O/c1-4-5-6-7-8-9-10-11-12-13-14-15-16-18-23-19-17-20-24(21-23)25-22(2)3/h17,19-22H,4-16,18H2,1-3H3. The maximum absolute atomic E-state index is 5.77. The van der Waals surface area contributed by atoms with Crippen LogP contribution in [0.2, 0.25) is 0 Å². The maximum atomic E-state index is 5.77. The first-order chi connectivity index (χ1) is 12.2. The third-order valence-electron chi connectivity index (χ3n) is 4.84. The molecule has 0 fully saturated rings. The summed E-state index contributed by atoms with van der Waals surface area (Å²) in [7, 11) is 0. The van der Waals surface area contributed by atoms with E-state index in [9.17, 15) is 0 Å². The minimum Gasteiger partial charge on any atom is -0.491 e. The van der Waals surface area contributed by atoms with Crippen LogP contribution in [-0.4, -0.2) is 6.10 Å². The van der Waals surface area contributed by atoms with Crippen LogP contribution in [0.15, 0.2) is 24.3 Å². The van der Waals surface area contributed by atoms with Gasteiger partial charge in [-0.3, -0.25) is 0 Å². The molecule has 0 atom stereocenters. The van der Waals surface area contributed by atoms with Crippen molar-refractivity contribution in [2.45, 2.75) is 117 Å². The van der Waals surface area contributed by atoms with Gasteiger partial charge in [0.25, 0.3) is 0 Å². The highest BCUT2D eigenvalue weighted by Gasteiger charge is 2.00. The molecule has 0 aliphatic carbocycles. The lowest BCUT2D eigenvalue weighted by atomic mass is 10.0. The molecule has 0 aliphatic rings. The highest BCUT2D eigenvalue weighted by molar-refractivity contribution is 5.28. The summed E-state index contributed by atoms with van der Waals surface area (Å²) in [6.45, 7) is 6.46. The van der Waals surface area contributed by atoms with Gasteiger partial charge in [0, 0.05) is 0 Å². The lowest BCUT2D eigenvalue weighted by Gasteiger charge is -2.10. The molecule has 0 aliphatic heterocycles. The fraction of sp³-hybridized carbons (Fsp3) is 0.750. The second-order valence-corrected chi connectivity index (χ2v) is 7.81. The monoisotopic (exact) mass is 346 g/mol. The van der Waals surface area contributed by atoms with Crippen molar-refractivity contribution in [3.8, 4) is 5.75 Å². The number of rotatable bonds is 16. The van der Waals surface area contributed by atoms with E-state index in [2.05, 4.69) is 45.0 Å². The van der Waals surface area contributed by atoms with E-state index in [1.807, 2.05) is 0 Å². The molecule has 1 aromatic rings. The average molecular weight is 347 g/mol. The van der Waals surface area contributed by atoms with Crippen LogP contribution in [0.3, 0.4) is 0 Å². The molecule has 0 saturated carbocycles. The van der Waals surface area contributed by atoms with Crippen LogP contribution in [0.25, 0.3) is 0 Å². The van der Waals surface area contributed by atoms with Crippen molar-refractivity contribution in [2.75, 3.05) is 0 Å². The number of benzene rings is 1. The lowest BCUT2D eigenvalue weighted by Crippen LogP contribution is -2.05. The van der Waals surface area contributed by atoms with Crippen LogP contribution in [-0.2, 0) is 6.42 Å². The summed E-state index contributed by atoms with van der Waals surface area (Å²) in [4.78, 5) is 0. The van der Waals surface area contributed by atoms with E-state index in [1.165, 1.54) is 95.5 Å². The van der Waals surface area contributed by atoms with Crippen molar-refractivity contribution >= 4 is 0 Å². The van der Waals surface area contributed by atoms with Gasteiger partial charge in [0.1, 0.15) is 5.75 Å². The Morgan fingerprint density at radius 3 is 1.76 bits per heavy atom. The summed E-state index contributed by atoms with van der Waals surface area (Å²) in [6.07, 6.45) is 19.9. The molecule has 1 aromatic carbocycles. The predicted octanol–water partition coefficient (Wildman–Crippen LogP) is 8.11. The van der Waals surface area contributed by atoms with Crippen LogP contribution in [0, 0.1) is 0 Å². The summed E-state index contributed by atoms with van der Waals surface area (Å²) in [5.74, 6) is 1.02. The summed E-state index contributed by atoms with van der Waals surface area (Å²) in [5.41, 5.74) is 1.42. The SMILES string of the molecule is CCCCCCCCCCCCCCCc1cccc(OC(C)C)c1. The van der Waals surface area contributed by atoms with Crippen molar-refractivity contribution in [2.24, 2.45) is 0 Å². The van der Waals surface area contributed by atoms with Crippen LogP contribution < -0.4 is 4.74 Å². The zero-order chi connectivity index (χ0) is 18.2. The summed E-state index contributed by atoms with van der Waals surface area (Å²) >= 11 is 0. The van der Waals surface area contributed by atoms with Gasteiger partial charge in [-0.2, -0.15) is 0 Å². The molecular weight excluding hydrogens is 304 g/mol. The van der Waals surface area contributed by atoms with Crippen molar-refractivity contribution < 1.29 is 4.74 Å². The summed E-state index contributed by atoms with van der Waals surface area (Å²) in [5, 5.41) is 0. The van der Waals surface area contributed by atoms with Gasteiger partial charge < -0.3 is 4.74 Å². The van der Waals surface area contributed by atoms with E-state index < -0.39 is 0 Å². The molecule has 0 amide bonds. The van der Waals surface area contributed by atoms with Crippen molar-refractivity contribution in [3.05, 3.63) is 29.8 Å². The minimum absolute atomic E-state index is 0.256. The Morgan fingerprint density at radius 2 is 1.24 bits per heavy atom. The molecule has 1 rings (SSSR count). The predicted molar refractivity (Wildman–Crippen MR) is 112 cm³/mol. The molecule has 0 spiro atoms. The van der Waals surface area contributed by atoms with Gasteiger partial charge in [0.05, 0.1) is 6.10 Å². The smallest absolute Gasteiger partial charge is 0.119 e. The first-order valence-electron chi connectivity index (χ1n) is 11.0. The Balaban J connectivity index is 1.92. The van der Waals surface area contributed by atoms with Crippen LogP contribution in [0.1, 0.15) is 110 Å². The summed E-state index contributed by atoms with van der Waals surface area (Å²) < 4.78 is 5.77. The Kier molecular flexibility index (Phi) is 13.5. The Labute approximate surface area is 157 Å². The fourth-order valence-electron chi connectivity index (χ4n) is 3.39. The van der Waals surface area contributed by atoms with E-state index in [4.69, 9.17) is 4.74 Å². The first kappa shape index (κ1) is 22.1. The van der Waals surface area contributed by atoms with Gasteiger partial charge in [-0.25, -0.2) is 0 Å². The van der Waals surface area contributed by atoms with E-state index >= 15 is 0 Å². The number of hydrogen-bond acceptors (Lipinski definition) is 1. The Morgan fingerprint density at radius 1 is 0.720 bits per heavy atom. The number of unbranched alkanes of at least 4 members (excludes halogenated alkanes) is 12. The van der Waals surface area contributed by atoms with Crippen LogP contribution >= 0.6 is 0 Å². The molecule has 0 heterocycles. The topological polar surface area (TPSA) is 9.23 Å². The minimum atomic E-state index is 0.256. The number of hydrogen-bond donors (Lipinski definition) is 0. The summed E-state index contributed by atoms with van der Waals surface area (Å²) in [6, 6.07) is 8.62. The molecule has 0 bridgehead atoms.